The van der Waals surface area contributed by atoms with Gasteiger partial charge in [0.15, 0.2) is 11.4 Å². The molecule has 5 nitrogen and oxygen atoms in total. The topological polar surface area (TPSA) is 71.5 Å². The lowest BCUT2D eigenvalue weighted by Crippen LogP contribution is -2.13. The van der Waals surface area contributed by atoms with Gasteiger partial charge in [-0.25, -0.2) is 9.78 Å². The lowest BCUT2D eigenvalue weighted by molar-refractivity contribution is 0.0691. The van der Waals surface area contributed by atoms with Gasteiger partial charge in [0.1, 0.15) is 5.75 Å². The summed E-state index contributed by atoms with van der Waals surface area (Å²) in [4.78, 5) is 15.2. The number of aromatic carboxylic acids is 1. The fraction of sp³-hybridized carbons (Fsp3) is 0.111. The molecule has 1 aliphatic rings. The van der Waals surface area contributed by atoms with E-state index >= 15 is 0 Å². The van der Waals surface area contributed by atoms with Gasteiger partial charge < -0.3 is 15.2 Å². The molecule has 1 atom stereocenters. The zero-order valence-electron chi connectivity index (χ0n) is 12.9. The van der Waals surface area contributed by atoms with Crippen LogP contribution in [0.15, 0.2) is 47.8 Å². The number of anilines is 1. The van der Waals surface area contributed by atoms with E-state index in [2.05, 4.69) is 10.3 Å². The van der Waals surface area contributed by atoms with Crippen molar-refractivity contribution in [3.8, 4) is 11.5 Å². The second-order valence-corrected chi connectivity index (χ2v) is 6.99. The molecular weight excluding hydrogens is 360 g/mol. The number of aromatic nitrogens is 1. The van der Waals surface area contributed by atoms with Gasteiger partial charge in [-0.3, -0.25) is 0 Å². The Balaban J connectivity index is 1.73. The fourth-order valence-electron chi connectivity index (χ4n) is 2.79. The number of fused-ring (bicyclic) bond motifs is 2. The maximum atomic E-state index is 11.1. The number of carbonyl (C=O) groups is 1. The third-order valence-corrected chi connectivity index (χ3v) is 5.04. The van der Waals surface area contributed by atoms with Crippen LogP contribution in [0.25, 0.3) is 0 Å². The first-order valence-corrected chi connectivity index (χ1v) is 8.86. The largest absolute Gasteiger partial charge is 0.476 e. The maximum Gasteiger partial charge on any atom is 0.355 e. The van der Waals surface area contributed by atoms with Crippen molar-refractivity contribution in [2.75, 3.05) is 5.32 Å². The van der Waals surface area contributed by atoms with Gasteiger partial charge in [0.25, 0.3) is 0 Å². The predicted octanol–water partition coefficient (Wildman–Crippen LogP) is 5.00. The number of thiazole rings is 1. The minimum Gasteiger partial charge on any atom is -0.476 e. The van der Waals surface area contributed by atoms with Crippen LogP contribution in [0, 0.1) is 0 Å². The molecule has 0 spiro atoms. The summed E-state index contributed by atoms with van der Waals surface area (Å²) in [6, 6.07) is 13.1. The number of hydrogen-bond acceptors (Lipinski definition) is 5. The zero-order chi connectivity index (χ0) is 17.4. The predicted molar refractivity (Wildman–Crippen MR) is 97.1 cm³/mol. The van der Waals surface area contributed by atoms with Gasteiger partial charge in [0.2, 0.25) is 0 Å². The molecule has 0 fully saturated rings. The van der Waals surface area contributed by atoms with Crippen LogP contribution in [0.2, 0.25) is 5.02 Å². The molecule has 0 saturated carbocycles. The molecule has 2 N–H and O–H groups in total. The highest BCUT2D eigenvalue weighted by molar-refractivity contribution is 7.09. The second-order valence-electron chi connectivity index (χ2n) is 5.61. The van der Waals surface area contributed by atoms with Crippen LogP contribution >= 0.6 is 22.9 Å². The fourth-order valence-corrected chi connectivity index (χ4v) is 3.77. The van der Waals surface area contributed by atoms with Crippen LogP contribution in [0.5, 0.6) is 11.5 Å². The zero-order valence-corrected chi connectivity index (χ0v) is 14.5. The number of nitrogens with zero attached hydrogens (tertiary/aromatic N) is 1. The summed E-state index contributed by atoms with van der Waals surface area (Å²) in [5.74, 6) is 0.443. The Hall–Kier alpha value is -2.57. The summed E-state index contributed by atoms with van der Waals surface area (Å²) in [5.41, 5.74) is 1.85. The molecule has 0 amide bonds. The van der Waals surface area contributed by atoms with Crippen molar-refractivity contribution in [3.63, 3.8) is 0 Å². The van der Waals surface area contributed by atoms with Crippen LogP contribution in [0.1, 0.15) is 27.1 Å². The van der Waals surface area contributed by atoms with E-state index in [1.807, 2.05) is 36.4 Å². The van der Waals surface area contributed by atoms with Gasteiger partial charge in [-0.05, 0) is 24.3 Å². The molecule has 25 heavy (non-hydrogen) atoms. The first-order valence-electron chi connectivity index (χ1n) is 7.61. The summed E-state index contributed by atoms with van der Waals surface area (Å²) < 4.78 is 6.04. The number of para-hydroxylation sites is 1. The molecular formula is C18H13ClN2O3S. The van der Waals surface area contributed by atoms with Crippen molar-refractivity contribution in [3.05, 3.63) is 69.1 Å². The summed E-state index contributed by atoms with van der Waals surface area (Å²) >= 11 is 7.45. The Morgan fingerprint density at radius 2 is 2.12 bits per heavy atom. The summed E-state index contributed by atoms with van der Waals surface area (Å²) in [5, 5.41) is 15.4. The summed E-state index contributed by atoms with van der Waals surface area (Å²) in [7, 11) is 0. The Labute approximate surface area is 152 Å². The molecule has 4 rings (SSSR count). The van der Waals surface area contributed by atoms with Gasteiger partial charge in [0.05, 0.1) is 16.7 Å². The number of carboxylic acids is 1. The molecule has 1 unspecified atom stereocenters. The minimum absolute atomic E-state index is 0.0709. The molecule has 126 valence electrons. The van der Waals surface area contributed by atoms with Crippen LogP contribution in [0.4, 0.5) is 5.69 Å². The first kappa shape index (κ1) is 15.9. The third kappa shape index (κ3) is 3.18. The highest BCUT2D eigenvalue weighted by Crippen LogP contribution is 2.42. The highest BCUT2D eigenvalue weighted by atomic mass is 35.5. The molecule has 0 bridgehead atoms. The van der Waals surface area contributed by atoms with Gasteiger partial charge in [-0.2, -0.15) is 0 Å². The standard InChI is InChI=1S/C18H13ClN2O3S/c19-10-5-6-16-13(7-10)20-12(11-3-1-2-4-15(11)24-16)8-17-21-14(9-25-17)18(22)23/h1-7,9,12,20H,8H2,(H,22,23). The number of carboxylic acid groups (broad SMARTS) is 1. The van der Waals surface area contributed by atoms with Gasteiger partial charge >= 0.3 is 5.97 Å². The van der Waals surface area contributed by atoms with E-state index in [9.17, 15) is 4.79 Å². The monoisotopic (exact) mass is 372 g/mol. The molecule has 1 aromatic heterocycles. The Morgan fingerprint density at radius 1 is 1.28 bits per heavy atom. The normalized spacial score (nSPS) is 15.3. The Morgan fingerprint density at radius 3 is 2.92 bits per heavy atom. The Bertz CT molecular complexity index is 957. The van der Waals surface area contributed by atoms with Crippen LogP contribution < -0.4 is 10.1 Å². The number of ether oxygens (including phenoxy) is 1. The lowest BCUT2D eigenvalue weighted by Gasteiger charge is -2.17. The molecule has 0 radical (unpaired) electrons. The molecule has 2 aromatic carbocycles. The minimum atomic E-state index is -1.02. The van der Waals surface area contributed by atoms with Crippen LogP contribution in [-0.4, -0.2) is 16.1 Å². The van der Waals surface area contributed by atoms with Gasteiger partial charge in [0, 0.05) is 22.4 Å². The number of benzene rings is 2. The van der Waals surface area contributed by atoms with E-state index in [4.69, 9.17) is 21.4 Å². The molecule has 0 aliphatic carbocycles. The number of rotatable bonds is 3. The summed E-state index contributed by atoms with van der Waals surface area (Å²) in [6.07, 6.45) is 0.546. The third-order valence-electron chi connectivity index (χ3n) is 3.94. The first-order chi connectivity index (χ1) is 12.1. The van der Waals surface area contributed by atoms with Crippen molar-refractivity contribution >= 4 is 34.6 Å². The lowest BCUT2D eigenvalue weighted by atomic mass is 10.0. The van der Waals surface area contributed by atoms with E-state index in [1.165, 1.54) is 11.3 Å². The quantitative estimate of drug-likeness (QED) is 0.677. The van der Waals surface area contributed by atoms with Gasteiger partial charge in [-0.15, -0.1) is 11.3 Å². The van der Waals surface area contributed by atoms with Crippen molar-refractivity contribution in [2.45, 2.75) is 12.5 Å². The Kier molecular flexibility index (Phi) is 4.07. The number of nitrogens with one attached hydrogen (secondary N) is 1. The van der Waals surface area contributed by atoms with E-state index in [0.29, 0.717) is 17.2 Å². The average molecular weight is 373 g/mol. The van der Waals surface area contributed by atoms with Crippen molar-refractivity contribution in [1.82, 2.24) is 4.98 Å². The van der Waals surface area contributed by atoms with Gasteiger partial charge in [-0.1, -0.05) is 29.8 Å². The molecule has 3 aromatic rings. The van der Waals surface area contributed by atoms with E-state index < -0.39 is 5.97 Å². The number of hydrogen-bond donors (Lipinski definition) is 2. The van der Waals surface area contributed by atoms with E-state index in [0.717, 1.165) is 22.0 Å². The van der Waals surface area contributed by atoms with Crippen molar-refractivity contribution < 1.29 is 14.6 Å². The van der Waals surface area contributed by atoms with Crippen LogP contribution in [0.3, 0.4) is 0 Å². The summed E-state index contributed by atoms with van der Waals surface area (Å²) in [6.45, 7) is 0. The number of halogens is 1. The SMILES string of the molecule is O=C(O)c1csc(CC2Nc3cc(Cl)ccc3Oc3ccccc32)n1. The average Bonchev–Trinajstić information content (AvgIpc) is 3.00. The van der Waals surface area contributed by atoms with Crippen molar-refractivity contribution in [2.24, 2.45) is 0 Å². The van der Waals surface area contributed by atoms with Crippen molar-refractivity contribution in [1.29, 1.82) is 0 Å². The second kappa shape index (κ2) is 6.38. The van der Waals surface area contributed by atoms with Crippen LogP contribution in [-0.2, 0) is 6.42 Å². The van der Waals surface area contributed by atoms with E-state index in [-0.39, 0.29) is 11.7 Å². The molecule has 2 heterocycles. The smallest absolute Gasteiger partial charge is 0.355 e. The maximum absolute atomic E-state index is 11.1. The van der Waals surface area contributed by atoms with E-state index in [1.54, 1.807) is 11.4 Å². The molecule has 7 heteroatoms. The molecule has 1 aliphatic heterocycles. The molecule has 0 saturated heterocycles. The highest BCUT2D eigenvalue weighted by Gasteiger charge is 2.24.